The predicted molar refractivity (Wildman–Crippen MR) is 86.5 cm³/mol. The molecule has 0 aliphatic carbocycles. The van der Waals surface area contributed by atoms with E-state index in [9.17, 15) is 4.79 Å². The molecule has 0 radical (unpaired) electrons. The zero-order valence-electron chi connectivity index (χ0n) is 13.2. The van der Waals surface area contributed by atoms with E-state index in [1.165, 1.54) is 21.3 Å². The number of aromatic amines is 1. The van der Waals surface area contributed by atoms with Crippen LogP contribution in [0.3, 0.4) is 0 Å². The maximum atomic E-state index is 12.3. The Hall–Kier alpha value is -3.09. The van der Waals surface area contributed by atoms with Gasteiger partial charge in [-0.05, 0) is 24.3 Å². The van der Waals surface area contributed by atoms with Crippen molar-refractivity contribution in [3.05, 3.63) is 48.3 Å². The van der Waals surface area contributed by atoms with E-state index < -0.39 is 0 Å². The van der Waals surface area contributed by atoms with Crippen molar-refractivity contribution >= 4 is 11.6 Å². The molecule has 0 aliphatic heterocycles. The van der Waals surface area contributed by atoms with Gasteiger partial charge in [0, 0.05) is 11.8 Å². The summed E-state index contributed by atoms with van der Waals surface area (Å²) >= 11 is 0. The molecular weight excluding hydrogens is 298 g/mol. The Morgan fingerprint density at radius 2 is 1.74 bits per heavy atom. The summed E-state index contributed by atoms with van der Waals surface area (Å²) < 4.78 is 15.7. The van der Waals surface area contributed by atoms with Crippen LogP contribution in [0.1, 0.15) is 16.1 Å². The first-order valence-electron chi connectivity index (χ1n) is 6.79. The molecule has 7 heteroatoms. The molecule has 2 rings (SSSR count). The van der Waals surface area contributed by atoms with Crippen LogP contribution in [0.2, 0.25) is 0 Å². The van der Waals surface area contributed by atoms with Crippen LogP contribution in [0.25, 0.3) is 5.70 Å². The number of amides is 1. The molecule has 0 aliphatic rings. The zero-order valence-corrected chi connectivity index (χ0v) is 13.2. The van der Waals surface area contributed by atoms with Gasteiger partial charge in [0.15, 0.2) is 11.5 Å². The van der Waals surface area contributed by atoms with E-state index in [0.29, 0.717) is 28.5 Å². The Bertz CT molecular complexity index is 670. The van der Waals surface area contributed by atoms with Gasteiger partial charge in [-0.15, -0.1) is 0 Å². The van der Waals surface area contributed by atoms with E-state index in [1.54, 1.807) is 18.3 Å². The van der Waals surface area contributed by atoms with Gasteiger partial charge < -0.3 is 19.2 Å². The number of ether oxygens (including phenoxy) is 3. The molecule has 0 saturated heterocycles. The Labute approximate surface area is 134 Å². The summed E-state index contributed by atoms with van der Waals surface area (Å²) in [4.78, 5) is 15.3. The molecule has 1 amide bonds. The predicted octanol–water partition coefficient (Wildman–Crippen LogP) is 1.95. The largest absolute Gasteiger partial charge is 0.493 e. The smallest absolute Gasteiger partial charge is 0.269 e. The van der Waals surface area contributed by atoms with Crippen LogP contribution in [0.15, 0.2) is 37.0 Å². The second-order valence-corrected chi connectivity index (χ2v) is 4.56. The standard InChI is InChI=1S/C16H19N3O4/c1-10(12-6-5-7-17-12)18-19-16(20)11-8-13(21-2)15(23-4)14(9-11)22-3/h5-9,17-18H,1H2,2-4H3,(H,19,20). The second-order valence-electron chi connectivity index (χ2n) is 4.56. The monoisotopic (exact) mass is 317 g/mol. The van der Waals surface area contributed by atoms with Crippen molar-refractivity contribution in [1.29, 1.82) is 0 Å². The Morgan fingerprint density at radius 3 is 2.22 bits per heavy atom. The molecule has 122 valence electrons. The highest BCUT2D eigenvalue weighted by molar-refractivity contribution is 5.95. The van der Waals surface area contributed by atoms with E-state index in [-0.39, 0.29) is 5.91 Å². The first-order valence-corrected chi connectivity index (χ1v) is 6.79. The first-order chi connectivity index (χ1) is 11.1. The number of hydrogen-bond acceptors (Lipinski definition) is 5. The van der Waals surface area contributed by atoms with Gasteiger partial charge in [0.2, 0.25) is 5.75 Å². The summed E-state index contributed by atoms with van der Waals surface area (Å²) in [5.74, 6) is 0.868. The van der Waals surface area contributed by atoms with Crippen molar-refractivity contribution < 1.29 is 19.0 Å². The Morgan fingerprint density at radius 1 is 1.09 bits per heavy atom. The van der Waals surface area contributed by atoms with Gasteiger partial charge in [0.05, 0.1) is 32.7 Å². The summed E-state index contributed by atoms with van der Waals surface area (Å²) in [6, 6.07) is 6.80. The third-order valence-corrected chi connectivity index (χ3v) is 3.18. The SMILES string of the molecule is C=C(NNC(=O)c1cc(OC)c(OC)c(OC)c1)c1ccc[nH]1. The zero-order chi connectivity index (χ0) is 16.8. The number of carbonyl (C=O) groups is 1. The fourth-order valence-electron chi connectivity index (χ4n) is 2.00. The van der Waals surface area contributed by atoms with Crippen LogP contribution >= 0.6 is 0 Å². The molecule has 0 unspecified atom stereocenters. The number of nitrogens with one attached hydrogen (secondary N) is 3. The molecule has 0 fully saturated rings. The van der Waals surface area contributed by atoms with E-state index in [2.05, 4.69) is 22.4 Å². The second kappa shape index (κ2) is 7.26. The fourth-order valence-corrected chi connectivity index (χ4v) is 2.00. The average molecular weight is 317 g/mol. The average Bonchev–Trinajstić information content (AvgIpc) is 3.12. The topological polar surface area (TPSA) is 84.6 Å². The maximum Gasteiger partial charge on any atom is 0.269 e. The van der Waals surface area contributed by atoms with Crippen molar-refractivity contribution in [2.75, 3.05) is 21.3 Å². The van der Waals surface area contributed by atoms with Crippen molar-refractivity contribution in [3.8, 4) is 17.2 Å². The van der Waals surface area contributed by atoms with E-state index in [0.717, 1.165) is 5.69 Å². The summed E-state index contributed by atoms with van der Waals surface area (Å²) in [5.41, 5.74) is 6.98. The van der Waals surface area contributed by atoms with Crippen LogP contribution in [0, 0.1) is 0 Å². The molecule has 0 atom stereocenters. The number of hydrazine groups is 1. The molecule has 3 N–H and O–H groups in total. The third kappa shape index (κ3) is 3.57. The first kappa shape index (κ1) is 16.3. The molecule has 1 heterocycles. The van der Waals surface area contributed by atoms with Gasteiger partial charge in [-0.2, -0.15) is 0 Å². The van der Waals surface area contributed by atoms with Crippen molar-refractivity contribution in [1.82, 2.24) is 15.8 Å². The van der Waals surface area contributed by atoms with Crippen LogP contribution in [0.4, 0.5) is 0 Å². The van der Waals surface area contributed by atoms with Crippen LogP contribution in [-0.2, 0) is 0 Å². The maximum absolute atomic E-state index is 12.3. The molecular formula is C16H19N3O4. The number of carbonyl (C=O) groups excluding carboxylic acids is 1. The van der Waals surface area contributed by atoms with Crippen LogP contribution in [0.5, 0.6) is 17.2 Å². The highest BCUT2D eigenvalue weighted by Crippen LogP contribution is 2.38. The van der Waals surface area contributed by atoms with E-state index in [4.69, 9.17) is 14.2 Å². The fraction of sp³-hybridized carbons (Fsp3) is 0.188. The number of H-pyrrole nitrogens is 1. The third-order valence-electron chi connectivity index (χ3n) is 3.18. The lowest BCUT2D eigenvalue weighted by molar-refractivity contribution is 0.0941. The lowest BCUT2D eigenvalue weighted by atomic mass is 10.1. The van der Waals surface area contributed by atoms with E-state index in [1.807, 2.05) is 12.1 Å². The van der Waals surface area contributed by atoms with Crippen LogP contribution in [-0.4, -0.2) is 32.2 Å². The van der Waals surface area contributed by atoms with Crippen molar-refractivity contribution in [2.24, 2.45) is 0 Å². The van der Waals surface area contributed by atoms with Gasteiger partial charge in [-0.3, -0.25) is 15.6 Å². The van der Waals surface area contributed by atoms with Gasteiger partial charge in [0.1, 0.15) is 0 Å². The molecule has 1 aromatic carbocycles. The Balaban J connectivity index is 2.14. The highest BCUT2D eigenvalue weighted by atomic mass is 16.5. The van der Waals surface area contributed by atoms with Crippen LogP contribution < -0.4 is 25.1 Å². The normalized spacial score (nSPS) is 9.87. The van der Waals surface area contributed by atoms with Gasteiger partial charge in [-0.25, -0.2) is 0 Å². The molecule has 0 spiro atoms. The summed E-state index contributed by atoms with van der Waals surface area (Å²) in [6.07, 6.45) is 1.77. The minimum absolute atomic E-state index is 0.353. The lowest BCUT2D eigenvalue weighted by Gasteiger charge is -2.15. The minimum atomic E-state index is -0.364. The number of rotatable bonds is 7. The van der Waals surface area contributed by atoms with Gasteiger partial charge in [-0.1, -0.05) is 6.58 Å². The lowest BCUT2D eigenvalue weighted by Crippen LogP contribution is -2.35. The highest BCUT2D eigenvalue weighted by Gasteiger charge is 2.17. The van der Waals surface area contributed by atoms with Crippen molar-refractivity contribution in [2.45, 2.75) is 0 Å². The molecule has 0 bridgehead atoms. The number of hydrogen-bond donors (Lipinski definition) is 3. The molecule has 1 aromatic heterocycles. The molecule has 7 nitrogen and oxygen atoms in total. The minimum Gasteiger partial charge on any atom is -0.493 e. The van der Waals surface area contributed by atoms with E-state index >= 15 is 0 Å². The van der Waals surface area contributed by atoms with Gasteiger partial charge >= 0.3 is 0 Å². The number of aromatic nitrogens is 1. The number of benzene rings is 1. The number of methoxy groups -OCH3 is 3. The quantitative estimate of drug-likeness (QED) is 0.680. The van der Waals surface area contributed by atoms with Crippen molar-refractivity contribution in [3.63, 3.8) is 0 Å². The molecule has 2 aromatic rings. The molecule has 23 heavy (non-hydrogen) atoms. The van der Waals surface area contributed by atoms with Gasteiger partial charge in [0.25, 0.3) is 5.91 Å². The molecule has 0 saturated carbocycles. The summed E-state index contributed by atoms with van der Waals surface area (Å²) in [6.45, 7) is 3.83. The summed E-state index contributed by atoms with van der Waals surface area (Å²) in [5, 5.41) is 0. The summed E-state index contributed by atoms with van der Waals surface area (Å²) in [7, 11) is 4.48. The Kier molecular flexibility index (Phi) is 5.14.